The van der Waals surface area contributed by atoms with Gasteiger partial charge in [-0.3, -0.25) is 4.99 Å². The molecular weight excluding hydrogens is 294 g/mol. The van der Waals surface area contributed by atoms with E-state index in [4.69, 9.17) is 4.74 Å². The van der Waals surface area contributed by atoms with Crippen LogP contribution in [0.4, 0.5) is 0 Å². The zero-order chi connectivity index (χ0) is 16.6. The highest BCUT2D eigenvalue weighted by Gasteiger charge is 2.01. The van der Waals surface area contributed by atoms with Crippen LogP contribution in [-0.4, -0.2) is 6.21 Å². The number of benzene rings is 3. The lowest BCUT2D eigenvalue weighted by atomic mass is 10.1. The predicted octanol–water partition coefficient (Wildman–Crippen LogP) is 5.45. The van der Waals surface area contributed by atoms with E-state index in [0.717, 1.165) is 11.3 Å². The Morgan fingerprint density at radius 1 is 0.833 bits per heavy atom. The second-order valence-corrected chi connectivity index (χ2v) is 5.71. The average Bonchev–Trinajstić information content (AvgIpc) is 2.67. The minimum Gasteiger partial charge on any atom is -0.489 e. The lowest BCUT2D eigenvalue weighted by Gasteiger charge is -2.07. The Bertz CT molecular complexity index is 764. The Labute approximate surface area is 143 Å². The molecular formula is C22H21NO. The van der Waals surface area contributed by atoms with E-state index in [0.29, 0.717) is 6.61 Å². The molecule has 120 valence electrons. The van der Waals surface area contributed by atoms with Crippen molar-refractivity contribution >= 4 is 6.21 Å². The fourth-order valence-electron chi connectivity index (χ4n) is 2.41. The van der Waals surface area contributed by atoms with Crippen LogP contribution < -0.4 is 4.74 Å². The van der Waals surface area contributed by atoms with Gasteiger partial charge < -0.3 is 4.74 Å². The van der Waals surface area contributed by atoms with Crippen molar-refractivity contribution in [2.75, 3.05) is 0 Å². The summed E-state index contributed by atoms with van der Waals surface area (Å²) in [7, 11) is 0. The van der Waals surface area contributed by atoms with Gasteiger partial charge in [0.25, 0.3) is 0 Å². The molecule has 0 amide bonds. The van der Waals surface area contributed by atoms with Crippen molar-refractivity contribution in [2.24, 2.45) is 4.99 Å². The maximum atomic E-state index is 5.80. The first-order chi connectivity index (χ1) is 11.8. The van der Waals surface area contributed by atoms with E-state index in [1.807, 2.05) is 66.9 Å². The highest BCUT2D eigenvalue weighted by molar-refractivity contribution is 5.79. The molecule has 3 aromatic carbocycles. The average molecular weight is 315 g/mol. The Balaban J connectivity index is 1.57. The zero-order valence-electron chi connectivity index (χ0n) is 13.8. The number of ether oxygens (including phenoxy) is 1. The van der Waals surface area contributed by atoms with Gasteiger partial charge in [-0.15, -0.1) is 0 Å². The third kappa shape index (κ3) is 4.56. The molecule has 0 fully saturated rings. The molecule has 0 aromatic heterocycles. The van der Waals surface area contributed by atoms with E-state index < -0.39 is 0 Å². The molecule has 1 unspecified atom stereocenters. The Hall–Kier alpha value is -2.87. The molecule has 0 spiro atoms. The Morgan fingerprint density at radius 3 is 2.12 bits per heavy atom. The summed E-state index contributed by atoms with van der Waals surface area (Å²) in [5.74, 6) is 0.868. The van der Waals surface area contributed by atoms with Gasteiger partial charge in [-0.25, -0.2) is 0 Å². The molecule has 3 rings (SSSR count). The van der Waals surface area contributed by atoms with Crippen LogP contribution >= 0.6 is 0 Å². The Morgan fingerprint density at radius 2 is 1.46 bits per heavy atom. The molecule has 1 atom stereocenters. The smallest absolute Gasteiger partial charge is 0.119 e. The van der Waals surface area contributed by atoms with Crippen molar-refractivity contribution in [2.45, 2.75) is 19.6 Å². The van der Waals surface area contributed by atoms with Gasteiger partial charge in [-0.05, 0) is 47.9 Å². The predicted molar refractivity (Wildman–Crippen MR) is 99.7 cm³/mol. The van der Waals surface area contributed by atoms with Crippen LogP contribution in [0.5, 0.6) is 5.75 Å². The fraction of sp³-hybridized carbons (Fsp3) is 0.136. The summed E-state index contributed by atoms with van der Waals surface area (Å²) in [6.07, 6.45) is 1.92. The van der Waals surface area contributed by atoms with Gasteiger partial charge in [0.1, 0.15) is 12.4 Å². The maximum absolute atomic E-state index is 5.80. The molecule has 24 heavy (non-hydrogen) atoms. The van der Waals surface area contributed by atoms with Gasteiger partial charge in [0.05, 0.1) is 6.04 Å². The van der Waals surface area contributed by atoms with Gasteiger partial charge in [-0.2, -0.15) is 0 Å². The van der Waals surface area contributed by atoms with Crippen molar-refractivity contribution in [3.05, 3.63) is 102 Å². The van der Waals surface area contributed by atoms with E-state index in [1.54, 1.807) is 0 Å². The highest BCUT2D eigenvalue weighted by Crippen LogP contribution is 2.17. The van der Waals surface area contributed by atoms with Crippen LogP contribution in [-0.2, 0) is 6.61 Å². The third-order valence-corrected chi connectivity index (χ3v) is 3.86. The molecule has 0 N–H and O–H groups in total. The number of hydrogen-bond donors (Lipinski definition) is 0. The molecule has 0 bridgehead atoms. The second-order valence-electron chi connectivity index (χ2n) is 5.71. The van der Waals surface area contributed by atoms with Crippen LogP contribution in [0.2, 0.25) is 0 Å². The highest BCUT2D eigenvalue weighted by atomic mass is 16.5. The molecule has 0 saturated carbocycles. The summed E-state index contributed by atoms with van der Waals surface area (Å²) in [5.41, 5.74) is 3.46. The minimum atomic E-state index is 0.153. The van der Waals surface area contributed by atoms with Crippen molar-refractivity contribution in [1.82, 2.24) is 0 Å². The molecule has 0 aliphatic carbocycles. The first kappa shape index (κ1) is 16.0. The summed E-state index contributed by atoms with van der Waals surface area (Å²) in [6, 6.07) is 28.7. The molecule has 3 aromatic rings. The summed E-state index contributed by atoms with van der Waals surface area (Å²) < 4.78 is 5.80. The Kier molecular flexibility index (Phi) is 5.41. The SMILES string of the molecule is CC(/N=C\c1ccc(OCc2ccccc2)cc1)c1ccccc1. The maximum Gasteiger partial charge on any atom is 0.119 e. The van der Waals surface area contributed by atoms with E-state index in [1.165, 1.54) is 11.1 Å². The van der Waals surface area contributed by atoms with E-state index in [-0.39, 0.29) is 6.04 Å². The zero-order valence-corrected chi connectivity index (χ0v) is 13.8. The molecule has 2 heteroatoms. The van der Waals surface area contributed by atoms with Gasteiger partial charge in [0, 0.05) is 6.21 Å². The molecule has 0 aliphatic heterocycles. The van der Waals surface area contributed by atoms with Gasteiger partial charge in [0.2, 0.25) is 0 Å². The minimum absolute atomic E-state index is 0.153. The lowest BCUT2D eigenvalue weighted by molar-refractivity contribution is 0.306. The summed E-state index contributed by atoms with van der Waals surface area (Å²) in [6.45, 7) is 2.68. The summed E-state index contributed by atoms with van der Waals surface area (Å²) in [4.78, 5) is 4.62. The molecule has 0 aliphatic rings. The van der Waals surface area contributed by atoms with Crippen LogP contribution in [0.3, 0.4) is 0 Å². The standard InChI is InChI=1S/C22H21NO/c1-18(21-10-6-3-7-11-21)23-16-19-12-14-22(15-13-19)24-17-20-8-4-2-5-9-20/h2-16,18H,17H2,1H3/b23-16-. The molecule has 0 heterocycles. The van der Waals surface area contributed by atoms with E-state index in [9.17, 15) is 0 Å². The van der Waals surface area contributed by atoms with Gasteiger partial charge in [-0.1, -0.05) is 60.7 Å². The van der Waals surface area contributed by atoms with Crippen LogP contribution in [0.15, 0.2) is 89.9 Å². The van der Waals surface area contributed by atoms with E-state index >= 15 is 0 Å². The quantitative estimate of drug-likeness (QED) is 0.555. The van der Waals surface area contributed by atoms with Crippen molar-refractivity contribution < 1.29 is 4.74 Å². The topological polar surface area (TPSA) is 21.6 Å². The summed E-state index contributed by atoms with van der Waals surface area (Å²) >= 11 is 0. The molecule has 0 saturated heterocycles. The number of aliphatic imine (C=N–C) groups is 1. The van der Waals surface area contributed by atoms with Gasteiger partial charge in [0.15, 0.2) is 0 Å². The van der Waals surface area contributed by atoms with Crippen LogP contribution in [0.1, 0.15) is 29.7 Å². The number of nitrogens with zero attached hydrogens (tertiary/aromatic N) is 1. The first-order valence-corrected chi connectivity index (χ1v) is 8.16. The number of hydrogen-bond acceptors (Lipinski definition) is 2. The monoisotopic (exact) mass is 315 g/mol. The summed E-state index contributed by atoms with van der Waals surface area (Å²) in [5, 5.41) is 0. The second kappa shape index (κ2) is 8.11. The fourth-order valence-corrected chi connectivity index (χ4v) is 2.41. The van der Waals surface area contributed by atoms with Crippen molar-refractivity contribution in [1.29, 1.82) is 0 Å². The van der Waals surface area contributed by atoms with Crippen molar-refractivity contribution in [3.8, 4) is 5.75 Å². The van der Waals surface area contributed by atoms with Gasteiger partial charge >= 0.3 is 0 Å². The lowest BCUT2D eigenvalue weighted by Crippen LogP contribution is -1.95. The van der Waals surface area contributed by atoms with E-state index in [2.05, 4.69) is 36.2 Å². The van der Waals surface area contributed by atoms with Crippen LogP contribution in [0.25, 0.3) is 0 Å². The third-order valence-electron chi connectivity index (χ3n) is 3.86. The largest absolute Gasteiger partial charge is 0.489 e. The number of rotatable bonds is 6. The van der Waals surface area contributed by atoms with Crippen LogP contribution in [0, 0.1) is 0 Å². The van der Waals surface area contributed by atoms with Crippen molar-refractivity contribution in [3.63, 3.8) is 0 Å². The molecule has 2 nitrogen and oxygen atoms in total. The molecule has 0 radical (unpaired) electrons. The first-order valence-electron chi connectivity index (χ1n) is 8.16. The normalized spacial score (nSPS) is 12.2.